The van der Waals surface area contributed by atoms with Crippen molar-refractivity contribution in [3.05, 3.63) is 66.3 Å². The summed E-state index contributed by atoms with van der Waals surface area (Å²) in [6, 6.07) is 5.16. The van der Waals surface area contributed by atoms with E-state index in [0.29, 0.717) is 26.4 Å². The largest absolute Gasteiger partial charge is 0.447 e. The van der Waals surface area contributed by atoms with E-state index in [0.717, 1.165) is 10.1 Å². The number of hydrogen-bond acceptors (Lipinski definition) is 6. The Kier molecular flexibility index (Phi) is 5.27. The molecule has 154 valence electrons. The van der Waals surface area contributed by atoms with E-state index in [2.05, 4.69) is 10.3 Å². The third-order valence-corrected chi connectivity index (χ3v) is 6.06. The molecule has 1 amide bonds. The van der Waals surface area contributed by atoms with Crippen molar-refractivity contribution >= 4 is 56.7 Å². The molecule has 0 saturated heterocycles. The zero-order valence-electron chi connectivity index (χ0n) is 15.7. The molecule has 0 radical (unpaired) electrons. The lowest BCUT2D eigenvalue weighted by atomic mass is 10.1. The fourth-order valence-corrected chi connectivity index (χ4v) is 4.04. The zero-order chi connectivity index (χ0) is 21.6. The van der Waals surface area contributed by atoms with Crippen LogP contribution >= 0.6 is 34.5 Å². The van der Waals surface area contributed by atoms with Crippen LogP contribution in [0.5, 0.6) is 0 Å². The Labute approximate surface area is 183 Å². The Morgan fingerprint density at radius 3 is 2.70 bits per heavy atom. The second kappa shape index (κ2) is 7.75. The highest BCUT2D eigenvalue weighted by atomic mass is 35.5. The number of fused-ring (bicyclic) bond motifs is 1. The highest BCUT2D eigenvalue weighted by molar-refractivity contribution is 7.14. The molecule has 0 bridgehead atoms. The van der Waals surface area contributed by atoms with Crippen molar-refractivity contribution in [2.75, 3.05) is 5.32 Å². The lowest BCUT2D eigenvalue weighted by Crippen LogP contribution is -2.36. The van der Waals surface area contributed by atoms with Gasteiger partial charge in [-0.2, -0.15) is 0 Å². The molecular weight excluding hydrogens is 451 g/mol. The number of amides is 1. The molecule has 0 aliphatic carbocycles. The molecule has 8 nitrogen and oxygen atoms in total. The number of halogens is 2. The standard InChI is InChI=1S/C19H14Cl2N4O4S/c1-24-16(27)15-10(7-29-17(15)25(2)19(24)28)6-14(26)23-18-22-13(8-30-18)9-3-4-11(20)12(21)5-9/h3-5,7-8H,6H2,1-2H3,(H,22,23,26). The quantitative estimate of drug-likeness (QED) is 0.498. The van der Waals surface area contributed by atoms with Crippen LogP contribution in [0.2, 0.25) is 10.0 Å². The van der Waals surface area contributed by atoms with Gasteiger partial charge < -0.3 is 9.73 Å². The Bertz CT molecular complexity index is 1420. The zero-order valence-corrected chi connectivity index (χ0v) is 18.1. The van der Waals surface area contributed by atoms with Gasteiger partial charge in [0.2, 0.25) is 11.6 Å². The predicted octanol–water partition coefficient (Wildman–Crippen LogP) is 3.44. The van der Waals surface area contributed by atoms with Crippen molar-refractivity contribution in [3.8, 4) is 11.3 Å². The van der Waals surface area contributed by atoms with Gasteiger partial charge >= 0.3 is 5.69 Å². The summed E-state index contributed by atoms with van der Waals surface area (Å²) in [4.78, 5) is 41.4. The van der Waals surface area contributed by atoms with Gasteiger partial charge in [0, 0.05) is 30.6 Å². The number of thiazole rings is 1. The van der Waals surface area contributed by atoms with E-state index in [1.807, 2.05) is 0 Å². The average Bonchev–Trinajstić information content (AvgIpc) is 3.34. The fourth-order valence-electron chi connectivity index (χ4n) is 3.01. The van der Waals surface area contributed by atoms with Crippen molar-refractivity contribution in [3.63, 3.8) is 0 Å². The summed E-state index contributed by atoms with van der Waals surface area (Å²) in [5.41, 5.74) is 0.913. The lowest BCUT2D eigenvalue weighted by molar-refractivity contribution is -0.115. The van der Waals surface area contributed by atoms with Gasteiger partial charge in [-0.05, 0) is 12.1 Å². The van der Waals surface area contributed by atoms with Crippen LogP contribution in [0.3, 0.4) is 0 Å². The van der Waals surface area contributed by atoms with Gasteiger partial charge in [-0.15, -0.1) is 11.3 Å². The van der Waals surface area contributed by atoms with Gasteiger partial charge in [0.15, 0.2) is 5.13 Å². The molecule has 0 aliphatic heterocycles. The Hall–Kier alpha value is -2.88. The van der Waals surface area contributed by atoms with E-state index in [1.54, 1.807) is 23.6 Å². The Morgan fingerprint density at radius 1 is 1.20 bits per heavy atom. The summed E-state index contributed by atoms with van der Waals surface area (Å²) in [6.45, 7) is 0. The molecule has 1 N–H and O–H groups in total. The van der Waals surface area contributed by atoms with Gasteiger partial charge in [-0.25, -0.2) is 9.78 Å². The van der Waals surface area contributed by atoms with E-state index in [1.165, 1.54) is 36.3 Å². The van der Waals surface area contributed by atoms with Crippen LogP contribution < -0.4 is 16.6 Å². The third kappa shape index (κ3) is 3.55. The van der Waals surface area contributed by atoms with Crippen molar-refractivity contribution in [2.45, 2.75) is 6.42 Å². The van der Waals surface area contributed by atoms with Crippen LogP contribution in [-0.4, -0.2) is 20.0 Å². The monoisotopic (exact) mass is 464 g/mol. The third-order valence-electron chi connectivity index (χ3n) is 4.56. The predicted molar refractivity (Wildman–Crippen MR) is 117 cm³/mol. The van der Waals surface area contributed by atoms with Crippen LogP contribution in [0.25, 0.3) is 22.4 Å². The number of anilines is 1. The summed E-state index contributed by atoms with van der Waals surface area (Å²) in [6.07, 6.45) is 1.20. The van der Waals surface area contributed by atoms with E-state index in [9.17, 15) is 14.4 Å². The number of carbonyl (C=O) groups excluding carboxylic acids is 1. The normalized spacial score (nSPS) is 11.2. The molecule has 0 saturated carbocycles. The summed E-state index contributed by atoms with van der Waals surface area (Å²) >= 11 is 13.2. The number of aryl methyl sites for hydroxylation is 1. The fraction of sp³-hybridized carbons (Fsp3) is 0.158. The first kappa shape index (κ1) is 20.4. The minimum atomic E-state index is -0.513. The average molecular weight is 465 g/mol. The maximum atomic E-state index is 12.5. The van der Waals surface area contributed by atoms with Crippen LogP contribution in [0.15, 0.2) is 43.8 Å². The second-order valence-electron chi connectivity index (χ2n) is 6.54. The summed E-state index contributed by atoms with van der Waals surface area (Å²) in [5.74, 6) is -0.372. The van der Waals surface area contributed by atoms with E-state index < -0.39 is 11.2 Å². The minimum absolute atomic E-state index is 0.109. The van der Waals surface area contributed by atoms with Crippen molar-refractivity contribution < 1.29 is 9.21 Å². The minimum Gasteiger partial charge on any atom is -0.447 e. The molecule has 3 aromatic heterocycles. The summed E-state index contributed by atoms with van der Waals surface area (Å²) < 4.78 is 7.56. The van der Waals surface area contributed by atoms with E-state index in [4.69, 9.17) is 27.6 Å². The molecule has 0 atom stereocenters. The molecule has 0 aliphatic rings. The SMILES string of the molecule is Cn1c(=O)c2c(CC(=O)Nc3nc(-c4ccc(Cl)c(Cl)c4)cs3)coc2n(C)c1=O. The number of hydrogen-bond donors (Lipinski definition) is 1. The molecule has 0 fully saturated rings. The number of nitrogens with one attached hydrogen (secondary N) is 1. The van der Waals surface area contributed by atoms with Gasteiger partial charge in [-0.3, -0.25) is 18.7 Å². The lowest BCUT2D eigenvalue weighted by Gasteiger charge is -2.03. The number of aromatic nitrogens is 3. The first-order valence-corrected chi connectivity index (χ1v) is 10.3. The second-order valence-corrected chi connectivity index (χ2v) is 8.21. The molecule has 30 heavy (non-hydrogen) atoms. The van der Waals surface area contributed by atoms with Crippen LogP contribution in [0.4, 0.5) is 5.13 Å². The smallest absolute Gasteiger partial charge is 0.333 e. The van der Waals surface area contributed by atoms with Crippen molar-refractivity contribution in [1.82, 2.24) is 14.1 Å². The number of rotatable bonds is 4. The van der Waals surface area contributed by atoms with Gasteiger partial charge in [0.1, 0.15) is 5.39 Å². The van der Waals surface area contributed by atoms with Crippen LogP contribution in [0, 0.1) is 0 Å². The number of benzene rings is 1. The van der Waals surface area contributed by atoms with E-state index >= 15 is 0 Å². The highest BCUT2D eigenvalue weighted by Gasteiger charge is 2.19. The van der Waals surface area contributed by atoms with E-state index in [-0.39, 0.29) is 23.4 Å². The Morgan fingerprint density at radius 2 is 1.97 bits per heavy atom. The molecule has 1 aromatic carbocycles. The topological polar surface area (TPSA) is 99.1 Å². The molecule has 3 heterocycles. The first-order valence-electron chi connectivity index (χ1n) is 8.63. The highest BCUT2D eigenvalue weighted by Crippen LogP contribution is 2.30. The molecule has 4 rings (SSSR count). The Balaban J connectivity index is 1.56. The summed E-state index contributed by atoms with van der Waals surface area (Å²) in [7, 11) is 2.87. The summed E-state index contributed by atoms with van der Waals surface area (Å²) in [5, 5.41) is 5.95. The van der Waals surface area contributed by atoms with Gasteiger partial charge in [0.05, 0.1) is 28.4 Å². The maximum absolute atomic E-state index is 12.5. The molecule has 4 aromatic rings. The molecule has 11 heteroatoms. The number of nitrogens with zero attached hydrogens (tertiary/aromatic N) is 3. The van der Waals surface area contributed by atoms with Crippen LogP contribution in [-0.2, 0) is 25.3 Å². The molecule has 0 spiro atoms. The molecular formula is C19H14Cl2N4O4S. The number of furan rings is 1. The molecule has 0 unspecified atom stereocenters. The first-order chi connectivity index (χ1) is 14.3. The van der Waals surface area contributed by atoms with Crippen LogP contribution in [0.1, 0.15) is 5.56 Å². The van der Waals surface area contributed by atoms with Gasteiger partial charge in [0.25, 0.3) is 5.56 Å². The number of carbonyl (C=O) groups is 1. The van der Waals surface area contributed by atoms with Crippen molar-refractivity contribution in [2.24, 2.45) is 14.1 Å². The maximum Gasteiger partial charge on any atom is 0.333 e. The van der Waals surface area contributed by atoms with Gasteiger partial charge in [-0.1, -0.05) is 29.3 Å². The van der Waals surface area contributed by atoms with Crippen molar-refractivity contribution in [1.29, 1.82) is 0 Å².